The van der Waals surface area contributed by atoms with Gasteiger partial charge in [-0.1, -0.05) is 12.1 Å². The molecule has 0 atom stereocenters. The lowest BCUT2D eigenvalue weighted by molar-refractivity contribution is 0.777. The van der Waals surface area contributed by atoms with Gasteiger partial charge in [0.2, 0.25) is 0 Å². The van der Waals surface area contributed by atoms with Crippen LogP contribution in [-0.4, -0.2) is 19.3 Å². The number of nitrogen functional groups attached to an aromatic ring is 1. The number of fused-ring (bicyclic) bond motifs is 1. The van der Waals surface area contributed by atoms with E-state index in [1.54, 1.807) is 4.68 Å². The summed E-state index contributed by atoms with van der Waals surface area (Å²) in [4.78, 5) is 4.57. The molecule has 0 saturated carbocycles. The second-order valence-electron chi connectivity index (χ2n) is 4.06. The molecule has 86 valence electrons. The molecule has 1 aromatic carbocycles. The number of rotatable bonds is 1. The van der Waals surface area contributed by atoms with Crippen LogP contribution >= 0.6 is 0 Å². The second-order valence-corrected chi connectivity index (χ2v) is 4.06. The summed E-state index contributed by atoms with van der Waals surface area (Å²) in [6.07, 6.45) is 0. The Labute approximate surface area is 98.5 Å². The summed E-state index contributed by atoms with van der Waals surface area (Å²) in [5.74, 6) is 1.46. The molecule has 5 heteroatoms. The molecule has 0 saturated heterocycles. The second kappa shape index (κ2) is 3.35. The number of hydrogen-bond acceptors (Lipinski definition) is 3. The minimum atomic E-state index is 0.632. The SMILES string of the molecule is Cn1nc(-c2nc3ccccc3n2C)cc1N. The number of nitrogens with zero attached hydrogens (tertiary/aromatic N) is 4. The van der Waals surface area contributed by atoms with Gasteiger partial charge in [0, 0.05) is 20.2 Å². The van der Waals surface area contributed by atoms with E-state index < -0.39 is 0 Å². The lowest BCUT2D eigenvalue weighted by Gasteiger charge is -1.97. The normalized spacial score (nSPS) is 11.2. The molecule has 0 aliphatic heterocycles. The van der Waals surface area contributed by atoms with Gasteiger partial charge in [-0.3, -0.25) is 4.68 Å². The van der Waals surface area contributed by atoms with Crippen LogP contribution in [0.4, 0.5) is 5.82 Å². The van der Waals surface area contributed by atoms with Crippen LogP contribution < -0.4 is 5.73 Å². The van der Waals surface area contributed by atoms with E-state index in [0.29, 0.717) is 5.82 Å². The fourth-order valence-corrected chi connectivity index (χ4v) is 1.97. The van der Waals surface area contributed by atoms with Crippen molar-refractivity contribution >= 4 is 16.9 Å². The fourth-order valence-electron chi connectivity index (χ4n) is 1.97. The van der Waals surface area contributed by atoms with Crippen LogP contribution in [0.25, 0.3) is 22.6 Å². The maximum absolute atomic E-state index is 5.79. The van der Waals surface area contributed by atoms with Crippen LogP contribution in [0.5, 0.6) is 0 Å². The average Bonchev–Trinajstić information content (AvgIpc) is 2.82. The smallest absolute Gasteiger partial charge is 0.161 e. The highest BCUT2D eigenvalue weighted by molar-refractivity contribution is 5.80. The Kier molecular flexibility index (Phi) is 1.95. The van der Waals surface area contributed by atoms with E-state index in [4.69, 9.17) is 5.73 Å². The molecule has 0 fully saturated rings. The summed E-state index contributed by atoms with van der Waals surface area (Å²) in [5, 5.41) is 4.34. The van der Waals surface area contributed by atoms with Crippen LogP contribution in [0.15, 0.2) is 30.3 Å². The van der Waals surface area contributed by atoms with Crippen LogP contribution in [0.3, 0.4) is 0 Å². The number of para-hydroxylation sites is 2. The number of aromatic nitrogens is 4. The molecule has 3 rings (SSSR count). The van der Waals surface area contributed by atoms with E-state index in [1.807, 2.05) is 49.0 Å². The molecule has 0 amide bonds. The average molecular weight is 227 g/mol. The molecule has 3 aromatic rings. The van der Waals surface area contributed by atoms with E-state index >= 15 is 0 Å². The number of hydrogen-bond donors (Lipinski definition) is 1. The molecule has 17 heavy (non-hydrogen) atoms. The Balaban J connectivity index is 2.27. The molecule has 0 radical (unpaired) electrons. The highest BCUT2D eigenvalue weighted by Crippen LogP contribution is 2.23. The first-order chi connectivity index (χ1) is 8.16. The van der Waals surface area contributed by atoms with E-state index in [0.717, 1.165) is 22.6 Å². The van der Waals surface area contributed by atoms with Crippen LogP contribution in [-0.2, 0) is 14.1 Å². The first-order valence-corrected chi connectivity index (χ1v) is 5.38. The first kappa shape index (κ1) is 9.89. The lowest BCUT2D eigenvalue weighted by atomic mass is 10.3. The predicted molar refractivity (Wildman–Crippen MR) is 67.3 cm³/mol. The monoisotopic (exact) mass is 227 g/mol. The third-order valence-corrected chi connectivity index (χ3v) is 2.93. The maximum atomic E-state index is 5.79. The highest BCUT2D eigenvalue weighted by Gasteiger charge is 2.12. The van der Waals surface area contributed by atoms with Gasteiger partial charge in [-0.2, -0.15) is 5.10 Å². The van der Waals surface area contributed by atoms with Gasteiger partial charge < -0.3 is 10.3 Å². The Morgan fingerprint density at radius 2 is 1.94 bits per heavy atom. The van der Waals surface area contributed by atoms with E-state index in [-0.39, 0.29) is 0 Å². The molecular formula is C12H13N5. The van der Waals surface area contributed by atoms with Crippen molar-refractivity contribution in [2.75, 3.05) is 5.73 Å². The van der Waals surface area contributed by atoms with E-state index in [2.05, 4.69) is 10.1 Å². The minimum Gasteiger partial charge on any atom is -0.384 e. The quantitative estimate of drug-likeness (QED) is 0.686. The summed E-state index contributed by atoms with van der Waals surface area (Å²) in [7, 11) is 3.80. The number of benzene rings is 1. The number of aryl methyl sites for hydroxylation is 2. The van der Waals surface area contributed by atoms with Gasteiger partial charge in [0.15, 0.2) is 5.82 Å². The maximum Gasteiger partial charge on any atom is 0.161 e. The Morgan fingerprint density at radius 3 is 2.59 bits per heavy atom. The van der Waals surface area contributed by atoms with E-state index in [1.165, 1.54) is 0 Å². The summed E-state index contributed by atoms with van der Waals surface area (Å²) >= 11 is 0. The van der Waals surface area contributed by atoms with Gasteiger partial charge in [0.1, 0.15) is 11.5 Å². The Morgan fingerprint density at radius 1 is 1.18 bits per heavy atom. The van der Waals surface area contributed by atoms with Gasteiger partial charge in [-0.15, -0.1) is 0 Å². The van der Waals surface area contributed by atoms with Gasteiger partial charge >= 0.3 is 0 Å². The molecule has 2 aromatic heterocycles. The molecule has 5 nitrogen and oxygen atoms in total. The fraction of sp³-hybridized carbons (Fsp3) is 0.167. The summed E-state index contributed by atoms with van der Waals surface area (Å²) in [6.45, 7) is 0. The Bertz CT molecular complexity index is 673. The predicted octanol–water partition coefficient (Wildman–Crippen LogP) is 1.56. The van der Waals surface area contributed by atoms with Gasteiger partial charge in [-0.05, 0) is 12.1 Å². The van der Waals surface area contributed by atoms with Crippen molar-refractivity contribution in [2.45, 2.75) is 0 Å². The molecular weight excluding hydrogens is 214 g/mol. The van der Waals surface area contributed by atoms with Crippen molar-refractivity contribution in [3.05, 3.63) is 30.3 Å². The zero-order valence-electron chi connectivity index (χ0n) is 9.75. The third-order valence-electron chi connectivity index (χ3n) is 2.93. The van der Waals surface area contributed by atoms with Gasteiger partial charge in [0.05, 0.1) is 11.0 Å². The highest BCUT2D eigenvalue weighted by atomic mass is 15.3. The van der Waals surface area contributed by atoms with Crippen LogP contribution in [0, 0.1) is 0 Å². The first-order valence-electron chi connectivity index (χ1n) is 5.38. The number of nitrogens with two attached hydrogens (primary N) is 1. The van der Waals surface area contributed by atoms with Crippen LogP contribution in [0.1, 0.15) is 0 Å². The van der Waals surface area contributed by atoms with Gasteiger partial charge in [-0.25, -0.2) is 4.98 Å². The minimum absolute atomic E-state index is 0.632. The van der Waals surface area contributed by atoms with E-state index in [9.17, 15) is 0 Å². The third kappa shape index (κ3) is 1.39. The largest absolute Gasteiger partial charge is 0.384 e. The summed E-state index contributed by atoms with van der Waals surface area (Å²) < 4.78 is 3.67. The number of anilines is 1. The standard InChI is InChI=1S/C12H13N5/c1-16-10-6-4-3-5-8(10)14-12(16)9-7-11(13)17(2)15-9/h3-7H,13H2,1-2H3. The molecule has 0 spiro atoms. The van der Waals surface area contributed by atoms with Crippen molar-refractivity contribution < 1.29 is 0 Å². The molecule has 0 unspecified atom stereocenters. The zero-order valence-corrected chi connectivity index (χ0v) is 9.75. The van der Waals surface area contributed by atoms with Crippen molar-refractivity contribution in [2.24, 2.45) is 14.1 Å². The molecule has 0 aliphatic carbocycles. The molecule has 0 bridgehead atoms. The molecule has 2 N–H and O–H groups in total. The topological polar surface area (TPSA) is 61.7 Å². The summed E-state index contributed by atoms with van der Waals surface area (Å²) in [5.41, 5.74) is 8.64. The van der Waals surface area contributed by atoms with Gasteiger partial charge in [0.25, 0.3) is 0 Å². The zero-order chi connectivity index (χ0) is 12.0. The van der Waals surface area contributed by atoms with Crippen molar-refractivity contribution in [3.63, 3.8) is 0 Å². The van der Waals surface area contributed by atoms with Crippen molar-refractivity contribution in [1.82, 2.24) is 19.3 Å². The molecule has 2 heterocycles. The summed E-state index contributed by atoms with van der Waals surface area (Å²) in [6, 6.07) is 9.84. The van der Waals surface area contributed by atoms with Crippen molar-refractivity contribution in [3.8, 4) is 11.5 Å². The lowest BCUT2D eigenvalue weighted by Crippen LogP contribution is -1.97. The van der Waals surface area contributed by atoms with Crippen molar-refractivity contribution in [1.29, 1.82) is 0 Å². The Hall–Kier alpha value is -2.30. The van der Waals surface area contributed by atoms with Crippen LogP contribution in [0.2, 0.25) is 0 Å². The molecule has 0 aliphatic rings. The number of imidazole rings is 1.